The van der Waals surface area contributed by atoms with Gasteiger partial charge in [-0.3, -0.25) is 9.79 Å². The molecule has 32 heavy (non-hydrogen) atoms. The molecule has 1 amide bonds. The predicted molar refractivity (Wildman–Crippen MR) is 136 cm³/mol. The summed E-state index contributed by atoms with van der Waals surface area (Å²) in [5, 5.41) is 5.51. The van der Waals surface area contributed by atoms with Crippen molar-refractivity contribution in [1.29, 1.82) is 0 Å². The minimum absolute atomic E-state index is 0.0690. The summed E-state index contributed by atoms with van der Waals surface area (Å²) in [6, 6.07) is 20.3. The Balaban J connectivity index is 1.69. The van der Waals surface area contributed by atoms with E-state index in [2.05, 4.69) is 29.6 Å². The molecule has 5 heteroatoms. The van der Waals surface area contributed by atoms with Gasteiger partial charge < -0.3 is 5.32 Å². The molecule has 0 spiro atoms. The zero-order valence-electron chi connectivity index (χ0n) is 18.0. The highest BCUT2D eigenvalue weighted by molar-refractivity contribution is 6.34. The summed E-state index contributed by atoms with van der Waals surface area (Å²) in [7, 11) is 0. The molecule has 0 radical (unpaired) electrons. The van der Waals surface area contributed by atoms with Crippen LogP contribution in [0.4, 0.5) is 5.69 Å². The first-order valence-electron chi connectivity index (χ1n) is 10.6. The summed E-state index contributed by atoms with van der Waals surface area (Å²) in [6.07, 6.45) is 4.21. The molecule has 1 unspecified atom stereocenters. The Bertz CT molecular complexity index is 1270. The number of carbonyl (C=O) groups is 1. The van der Waals surface area contributed by atoms with Crippen molar-refractivity contribution in [3.63, 3.8) is 0 Å². The maximum Gasteiger partial charge on any atom is 0.247 e. The number of carbonyl (C=O) groups excluding carboxylic acids is 1. The van der Waals surface area contributed by atoms with Crippen LogP contribution in [0.3, 0.4) is 0 Å². The smallest absolute Gasteiger partial charge is 0.247 e. The van der Waals surface area contributed by atoms with Gasteiger partial charge in [-0.1, -0.05) is 66.2 Å². The van der Waals surface area contributed by atoms with Gasteiger partial charge in [0.05, 0.1) is 11.1 Å². The van der Waals surface area contributed by atoms with E-state index in [9.17, 15) is 4.79 Å². The topological polar surface area (TPSA) is 41.5 Å². The lowest BCUT2D eigenvalue weighted by Crippen LogP contribution is -2.27. The third-order valence-corrected chi connectivity index (χ3v) is 6.29. The Labute approximate surface area is 198 Å². The van der Waals surface area contributed by atoms with Crippen LogP contribution in [0.15, 0.2) is 89.0 Å². The number of fused-ring (bicyclic) bond motifs is 1. The second-order valence-electron chi connectivity index (χ2n) is 7.73. The second-order valence-corrected chi connectivity index (χ2v) is 8.67. The van der Waals surface area contributed by atoms with Crippen LogP contribution in [0.5, 0.6) is 0 Å². The van der Waals surface area contributed by atoms with E-state index in [0.29, 0.717) is 23.6 Å². The first-order chi connectivity index (χ1) is 15.5. The van der Waals surface area contributed by atoms with Crippen LogP contribution in [0.25, 0.3) is 21.9 Å². The molecule has 3 aromatic carbocycles. The van der Waals surface area contributed by atoms with Crippen molar-refractivity contribution >= 4 is 51.3 Å². The van der Waals surface area contributed by atoms with Gasteiger partial charge in [0.2, 0.25) is 5.91 Å². The summed E-state index contributed by atoms with van der Waals surface area (Å²) in [6.45, 7) is 4.43. The zero-order valence-corrected chi connectivity index (χ0v) is 19.5. The highest BCUT2D eigenvalue weighted by Crippen LogP contribution is 2.36. The average molecular weight is 463 g/mol. The third-order valence-electron chi connectivity index (χ3n) is 5.57. The molecular weight excluding hydrogens is 439 g/mol. The highest BCUT2D eigenvalue weighted by atomic mass is 35.5. The fourth-order valence-electron chi connectivity index (χ4n) is 3.96. The van der Waals surface area contributed by atoms with Crippen LogP contribution in [0.1, 0.15) is 20.3 Å². The molecule has 0 heterocycles. The van der Waals surface area contributed by atoms with Crippen molar-refractivity contribution in [2.45, 2.75) is 25.6 Å². The minimum Gasteiger partial charge on any atom is -0.353 e. The number of benzene rings is 3. The molecular formula is C27H24Cl2N2O. The molecule has 0 saturated heterocycles. The van der Waals surface area contributed by atoms with Gasteiger partial charge in [0.15, 0.2) is 0 Å². The zero-order chi connectivity index (χ0) is 22.7. The summed E-state index contributed by atoms with van der Waals surface area (Å²) in [5.41, 5.74) is 5.25. The number of likely N-dealkylation sites (N-methyl/N-ethyl adjacent to an activating group) is 1. The number of nitrogens with one attached hydrogen (secondary N) is 1. The number of rotatable bonds is 5. The van der Waals surface area contributed by atoms with Crippen molar-refractivity contribution in [3.05, 3.63) is 89.0 Å². The second kappa shape index (κ2) is 9.72. The van der Waals surface area contributed by atoms with Crippen molar-refractivity contribution in [3.8, 4) is 11.1 Å². The predicted octanol–water partition coefficient (Wildman–Crippen LogP) is 7.25. The Morgan fingerprint density at radius 3 is 2.62 bits per heavy atom. The van der Waals surface area contributed by atoms with E-state index in [1.54, 1.807) is 0 Å². The molecule has 162 valence electrons. The van der Waals surface area contributed by atoms with E-state index in [4.69, 9.17) is 28.2 Å². The number of aliphatic imine (C=N–C) groups is 1. The Kier molecular flexibility index (Phi) is 6.78. The number of halogens is 2. The lowest BCUT2D eigenvalue weighted by atomic mass is 9.94. The first-order valence-corrected chi connectivity index (χ1v) is 11.5. The van der Waals surface area contributed by atoms with E-state index < -0.39 is 0 Å². The van der Waals surface area contributed by atoms with E-state index >= 15 is 0 Å². The van der Waals surface area contributed by atoms with Crippen molar-refractivity contribution in [1.82, 2.24) is 5.32 Å². The van der Waals surface area contributed by atoms with Gasteiger partial charge >= 0.3 is 0 Å². The number of alkyl halides is 1. The van der Waals surface area contributed by atoms with Crippen molar-refractivity contribution in [2.75, 3.05) is 6.54 Å². The van der Waals surface area contributed by atoms with Crippen molar-refractivity contribution in [2.24, 2.45) is 4.99 Å². The number of hydrogen-bond acceptors (Lipinski definition) is 2. The molecule has 1 atom stereocenters. The largest absolute Gasteiger partial charge is 0.353 e. The highest BCUT2D eigenvalue weighted by Gasteiger charge is 2.22. The number of amides is 1. The van der Waals surface area contributed by atoms with E-state index in [1.165, 1.54) is 0 Å². The molecule has 0 bridgehead atoms. The first kappa shape index (κ1) is 22.3. The average Bonchev–Trinajstić information content (AvgIpc) is 2.80. The summed E-state index contributed by atoms with van der Waals surface area (Å²) in [5.74, 6) is -0.0690. The van der Waals surface area contributed by atoms with E-state index in [1.807, 2.05) is 62.4 Å². The monoisotopic (exact) mass is 462 g/mol. The molecule has 3 nitrogen and oxygen atoms in total. The summed E-state index contributed by atoms with van der Waals surface area (Å²) >= 11 is 13.2. The van der Waals surface area contributed by atoms with Gasteiger partial charge in [-0.25, -0.2) is 0 Å². The minimum atomic E-state index is -0.300. The molecule has 1 N–H and O–H groups in total. The molecule has 0 aliphatic heterocycles. The lowest BCUT2D eigenvalue weighted by Gasteiger charge is -2.19. The number of hydrogen-bond donors (Lipinski definition) is 1. The van der Waals surface area contributed by atoms with E-state index in [0.717, 1.165) is 38.9 Å². The molecule has 4 rings (SSSR count). The number of allylic oxidation sites excluding steroid dienone is 3. The Hall–Kier alpha value is -2.88. The Morgan fingerprint density at radius 2 is 1.84 bits per heavy atom. The fraction of sp³-hybridized carbons (Fsp3) is 0.185. The van der Waals surface area contributed by atoms with Crippen LogP contribution in [0.2, 0.25) is 5.02 Å². The third kappa shape index (κ3) is 4.64. The molecule has 0 aromatic heterocycles. The molecule has 1 aliphatic carbocycles. The molecule has 1 aliphatic rings. The van der Waals surface area contributed by atoms with Gasteiger partial charge in [0.25, 0.3) is 0 Å². The maximum absolute atomic E-state index is 12.1. The van der Waals surface area contributed by atoms with Gasteiger partial charge in [-0.05, 0) is 60.4 Å². The van der Waals surface area contributed by atoms with E-state index in [-0.39, 0.29) is 11.3 Å². The van der Waals surface area contributed by atoms with Gasteiger partial charge in [0, 0.05) is 28.4 Å². The van der Waals surface area contributed by atoms with Crippen LogP contribution in [0, 0.1) is 0 Å². The van der Waals surface area contributed by atoms with Crippen molar-refractivity contribution < 1.29 is 4.79 Å². The molecule has 0 saturated carbocycles. The quantitative estimate of drug-likeness (QED) is 0.314. The standard InChI is InChI=1S/C27H24Cl2N2O/c1-3-30-27(32)19-11-13-21(26(29)15-19)17(2)31-20-12-14-25(28)24(16-20)23-10-6-8-18-7-4-5-9-22(18)23/h4-14,16,26H,3,15H2,1-2H3,(H,30,32). The van der Waals surface area contributed by atoms with Gasteiger partial charge in [-0.15, -0.1) is 11.6 Å². The van der Waals surface area contributed by atoms with Gasteiger partial charge in [-0.2, -0.15) is 0 Å². The maximum atomic E-state index is 12.1. The lowest BCUT2D eigenvalue weighted by molar-refractivity contribution is -0.117. The van der Waals surface area contributed by atoms with Crippen LogP contribution in [-0.4, -0.2) is 23.5 Å². The van der Waals surface area contributed by atoms with Crippen LogP contribution >= 0.6 is 23.2 Å². The summed E-state index contributed by atoms with van der Waals surface area (Å²) < 4.78 is 0. The normalized spacial score (nSPS) is 16.5. The Morgan fingerprint density at radius 1 is 1.06 bits per heavy atom. The summed E-state index contributed by atoms with van der Waals surface area (Å²) in [4.78, 5) is 16.9. The van der Waals surface area contributed by atoms with Crippen LogP contribution < -0.4 is 5.32 Å². The SMILES string of the molecule is CCNC(=O)C1=CC=C(C(C)=Nc2ccc(Cl)c(-c3cccc4ccccc34)c2)C(Cl)C1. The van der Waals surface area contributed by atoms with Crippen LogP contribution in [-0.2, 0) is 4.79 Å². The molecule has 0 fully saturated rings. The fourth-order valence-corrected chi connectivity index (χ4v) is 4.58. The molecule has 3 aromatic rings. The van der Waals surface area contributed by atoms with Gasteiger partial charge in [0.1, 0.15) is 0 Å². The number of nitrogens with zero attached hydrogens (tertiary/aromatic N) is 1.